The van der Waals surface area contributed by atoms with E-state index >= 15 is 0 Å². The van der Waals surface area contributed by atoms with Crippen molar-refractivity contribution in [3.05, 3.63) is 89.5 Å². The highest BCUT2D eigenvalue weighted by Gasteiger charge is 2.14. The maximum Gasteiger partial charge on any atom is 0.259 e. The van der Waals surface area contributed by atoms with E-state index in [1.807, 2.05) is 50.2 Å². The largest absolute Gasteiger partial charge is 0.483 e. The summed E-state index contributed by atoms with van der Waals surface area (Å²) in [4.78, 5) is 36.9. The number of aryl methyl sites for hydroxylation is 1. The zero-order valence-corrected chi connectivity index (χ0v) is 18.0. The molecule has 0 saturated heterocycles. The predicted molar refractivity (Wildman–Crippen MR) is 124 cm³/mol. The minimum Gasteiger partial charge on any atom is -0.483 e. The lowest BCUT2D eigenvalue weighted by atomic mass is 10.1. The molecule has 0 aliphatic heterocycles. The number of carbonyl (C=O) groups excluding carboxylic acids is 3. The van der Waals surface area contributed by atoms with Gasteiger partial charge in [-0.3, -0.25) is 14.4 Å². The molecule has 0 aliphatic rings. The van der Waals surface area contributed by atoms with Crippen LogP contribution in [0.1, 0.15) is 21.5 Å². The number of nitrogens with one attached hydrogen (secondary N) is 3. The van der Waals surface area contributed by atoms with Crippen LogP contribution in [0.3, 0.4) is 0 Å². The molecule has 7 heteroatoms. The Labute approximate surface area is 186 Å². The second kappa shape index (κ2) is 10.8. The average molecular weight is 431 g/mol. The van der Waals surface area contributed by atoms with Crippen LogP contribution in [-0.2, 0) is 9.59 Å². The van der Waals surface area contributed by atoms with Crippen molar-refractivity contribution >= 4 is 29.1 Å². The van der Waals surface area contributed by atoms with Gasteiger partial charge in [-0.2, -0.15) is 0 Å². The van der Waals surface area contributed by atoms with Gasteiger partial charge in [0.15, 0.2) is 6.61 Å². The van der Waals surface area contributed by atoms with E-state index in [4.69, 9.17) is 4.74 Å². The van der Waals surface area contributed by atoms with Gasteiger partial charge in [-0.05, 0) is 55.3 Å². The molecular weight excluding hydrogens is 406 g/mol. The van der Waals surface area contributed by atoms with Crippen LogP contribution in [0.4, 0.5) is 11.4 Å². The molecule has 3 aromatic rings. The molecule has 0 saturated carbocycles. The third-order valence-electron chi connectivity index (χ3n) is 4.85. The topological polar surface area (TPSA) is 96.5 Å². The van der Waals surface area contributed by atoms with E-state index in [9.17, 15) is 14.4 Å². The number of rotatable bonds is 8. The van der Waals surface area contributed by atoms with Gasteiger partial charge >= 0.3 is 0 Å². The number of hydrogen-bond donors (Lipinski definition) is 3. The maximum absolute atomic E-state index is 12.6. The van der Waals surface area contributed by atoms with Gasteiger partial charge in [0.05, 0.1) is 12.1 Å². The molecule has 0 aromatic heterocycles. The fourth-order valence-electron chi connectivity index (χ4n) is 2.95. The number of amides is 3. The Bertz CT molecular complexity index is 1110. The van der Waals surface area contributed by atoms with E-state index in [0.29, 0.717) is 16.9 Å². The van der Waals surface area contributed by atoms with Crippen LogP contribution in [0.2, 0.25) is 0 Å². The minimum absolute atomic E-state index is 0.189. The molecule has 32 heavy (non-hydrogen) atoms. The van der Waals surface area contributed by atoms with Gasteiger partial charge in [-0.15, -0.1) is 0 Å². The third-order valence-corrected chi connectivity index (χ3v) is 4.85. The van der Waals surface area contributed by atoms with Crippen molar-refractivity contribution in [3.8, 4) is 5.75 Å². The fraction of sp³-hybridized carbons (Fsp3) is 0.160. The number of ether oxygens (including phenoxy) is 1. The molecule has 0 aliphatic carbocycles. The van der Waals surface area contributed by atoms with Crippen molar-refractivity contribution in [3.63, 3.8) is 0 Å². The van der Waals surface area contributed by atoms with Gasteiger partial charge in [0, 0.05) is 11.4 Å². The van der Waals surface area contributed by atoms with Gasteiger partial charge < -0.3 is 20.7 Å². The molecule has 0 spiro atoms. The number of carbonyl (C=O) groups is 3. The molecule has 3 N–H and O–H groups in total. The van der Waals surface area contributed by atoms with E-state index in [1.165, 1.54) is 0 Å². The molecule has 0 bridgehead atoms. The van der Waals surface area contributed by atoms with E-state index < -0.39 is 5.91 Å². The Kier molecular flexibility index (Phi) is 7.59. The highest BCUT2D eigenvalue weighted by atomic mass is 16.5. The molecule has 3 rings (SSSR count). The van der Waals surface area contributed by atoms with Crippen LogP contribution in [0, 0.1) is 13.8 Å². The lowest BCUT2D eigenvalue weighted by Crippen LogP contribution is -2.36. The van der Waals surface area contributed by atoms with E-state index in [2.05, 4.69) is 16.0 Å². The normalized spacial score (nSPS) is 10.2. The molecule has 164 valence electrons. The summed E-state index contributed by atoms with van der Waals surface area (Å²) in [6, 6.07) is 21.3. The Morgan fingerprint density at radius 2 is 1.50 bits per heavy atom. The van der Waals surface area contributed by atoms with Crippen LogP contribution in [-0.4, -0.2) is 30.9 Å². The van der Waals surface area contributed by atoms with Gasteiger partial charge in [0.2, 0.25) is 5.91 Å². The van der Waals surface area contributed by atoms with Gasteiger partial charge in [-0.25, -0.2) is 0 Å². The number of para-hydroxylation sites is 2. The summed E-state index contributed by atoms with van der Waals surface area (Å²) in [5, 5.41) is 8.08. The highest BCUT2D eigenvalue weighted by Crippen LogP contribution is 2.20. The molecule has 0 heterocycles. The zero-order valence-electron chi connectivity index (χ0n) is 18.0. The standard InChI is InChI=1S/C25H25N3O4/c1-17-9-8-13-21(18(17)2)28-23(29)15-26-24(30)16-32-22-14-7-6-12-20(22)25(31)27-19-10-4-3-5-11-19/h3-14H,15-16H2,1-2H3,(H,26,30)(H,27,31)(H,28,29). The summed E-state index contributed by atoms with van der Waals surface area (Å²) in [5.74, 6) is -0.884. The first kappa shape index (κ1) is 22.6. The van der Waals surface area contributed by atoms with Crippen molar-refractivity contribution in [1.82, 2.24) is 5.32 Å². The van der Waals surface area contributed by atoms with Crippen molar-refractivity contribution in [2.45, 2.75) is 13.8 Å². The monoisotopic (exact) mass is 431 g/mol. The summed E-state index contributed by atoms with van der Waals surface area (Å²) in [5.41, 5.74) is 3.70. The molecular formula is C25H25N3O4. The fourth-order valence-corrected chi connectivity index (χ4v) is 2.95. The molecule has 0 unspecified atom stereocenters. The predicted octanol–water partition coefficient (Wildman–Crippen LogP) is 3.69. The van der Waals surface area contributed by atoms with Crippen molar-refractivity contribution < 1.29 is 19.1 Å². The first-order valence-corrected chi connectivity index (χ1v) is 10.1. The Hall–Kier alpha value is -4.13. The van der Waals surface area contributed by atoms with Crippen molar-refractivity contribution in [2.24, 2.45) is 0 Å². The number of hydrogen-bond acceptors (Lipinski definition) is 4. The minimum atomic E-state index is -0.473. The zero-order chi connectivity index (χ0) is 22.9. The smallest absolute Gasteiger partial charge is 0.259 e. The third kappa shape index (κ3) is 6.18. The molecule has 0 radical (unpaired) electrons. The van der Waals surface area contributed by atoms with Crippen LogP contribution in [0.5, 0.6) is 5.75 Å². The molecule has 0 atom stereocenters. The molecule has 7 nitrogen and oxygen atoms in total. The van der Waals surface area contributed by atoms with Crippen LogP contribution >= 0.6 is 0 Å². The summed E-state index contributed by atoms with van der Waals surface area (Å²) < 4.78 is 5.54. The van der Waals surface area contributed by atoms with Gasteiger partial charge in [-0.1, -0.05) is 42.5 Å². The van der Waals surface area contributed by atoms with E-state index in [-0.39, 0.29) is 30.7 Å². The van der Waals surface area contributed by atoms with E-state index in [1.54, 1.807) is 36.4 Å². The summed E-state index contributed by atoms with van der Waals surface area (Å²) in [7, 11) is 0. The lowest BCUT2D eigenvalue weighted by Gasteiger charge is -2.13. The Balaban J connectivity index is 1.51. The van der Waals surface area contributed by atoms with Crippen LogP contribution in [0.25, 0.3) is 0 Å². The summed E-state index contributed by atoms with van der Waals surface area (Å²) in [6.07, 6.45) is 0. The van der Waals surface area contributed by atoms with Crippen molar-refractivity contribution in [1.29, 1.82) is 0 Å². The second-order valence-electron chi connectivity index (χ2n) is 7.18. The first-order valence-electron chi connectivity index (χ1n) is 10.1. The molecule has 0 fully saturated rings. The summed E-state index contributed by atoms with van der Waals surface area (Å²) >= 11 is 0. The Morgan fingerprint density at radius 1 is 0.781 bits per heavy atom. The van der Waals surface area contributed by atoms with Gasteiger partial charge in [0.25, 0.3) is 11.8 Å². The number of benzene rings is 3. The highest BCUT2D eigenvalue weighted by molar-refractivity contribution is 6.06. The van der Waals surface area contributed by atoms with Crippen LogP contribution < -0.4 is 20.7 Å². The average Bonchev–Trinajstić information content (AvgIpc) is 2.80. The molecule has 3 amide bonds. The second-order valence-corrected chi connectivity index (χ2v) is 7.18. The van der Waals surface area contributed by atoms with Crippen molar-refractivity contribution in [2.75, 3.05) is 23.8 Å². The van der Waals surface area contributed by atoms with Crippen LogP contribution in [0.15, 0.2) is 72.8 Å². The van der Waals surface area contributed by atoms with Gasteiger partial charge in [0.1, 0.15) is 5.75 Å². The molecule has 3 aromatic carbocycles. The number of anilines is 2. The quantitative estimate of drug-likeness (QED) is 0.507. The first-order chi connectivity index (χ1) is 15.4. The SMILES string of the molecule is Cc1cccc(NC(=O)CNC(=O)COc2ccccc2C(=O)Nc2ccccc2)c1C. The lowest BCUT2D eigenvalue weighted by molar-refractivity contribution is -0.125. The Morgan fingerprint density at radius 3 is 2.28 bits per heavy atom. The summed E-state index contributed by atoms with van der Waals surface area (Å²) in [6.45, 7) is 3.36. The van der Waals surface area contributed by atoms with E-state index in [0.717, 1.165) is 11.1 Å². The maximum atomic E-state index is 12.6.